The lowest BCUT2D eigenvalue weighted by Gasteiger charge is -1.92. The van der Waals surface area contributed by atoms with Crippen LogP contribution < -0.4 is 5.73 Å². The summed E-state index contributed by atoms with van der Waals surface area (Å²) in [4.78, 5) is 11.5. The van der Waals surface area contributed by atoms with Gasteiger partial charge in [0.2, 0.25) is 0 Å². The predicted molar refractivity (Wildman–Crippen MR) is 58.7 cm³/mol. The Kier molecular flexibility index (Phi) is 2.47. The quantitative estimate of drug-likeness (QED) is 0.824. The molecule has 6 heteroatoms. The van der Waals surface area contributed by atoms with Crippen LogP contribution in [0.15, 0.2) is 14.7 Å². The molecule has 2 heterocycles. The maximum Gasteiger partial charge on any atom is 0.156 e. The van der Waals surface area contributed by atoms with Gasteiger partial charge in [-0.2, -0.15) is 0 Å². The van der Waals surface area contributed by atoms with Crippen LogP contribution in [-0.4, -0.2) is 15.0 Å². The zero-order valence-electron chi connectivity index (χ0n) is 7.87. The summed E-state index contributed by atoms with van der Waals surface area (Å²) >= 11 is 3.10. The van der Waals surface area contributed by atoms with E-state index in [4.69, 9.17) is 5.73 Å². The van der Waals surface area contributed by atoms with Crippen molar-refractivity contribution in [1.82, 2.24) is 15.0 Å². The first kappa shape index (κ1) is 9.54. The highest BCUT2D eigenvalue weighted by molar-refractivity contribution is 8.01. The fraction of sp³-hybridized carbons (Fsp3) is 0.250. The summed E-state index contributed by atoms with van der Waals surface area (Å²) in [6, 6.07) is 0. The van der Waals surface area contributed by atoms with Gasteiger partial charge < -0.3 is 10.7 Å². The maximum absolute atomic E-state index is 5.73. The fourth-order valence-electron chi connectivity index (χ4n) is 1.03. The number of hydrogen-bond acceptors (Lipinski definition) is 5. The topological polar surface area (TPSA) is 67.6 Å². The van der Waals surface area contributed by atoms with Crippen LogP contribution >= 0.6 is 23.1 Å². The van der Waals surface area contributed by atoms with Crippen LogP contribution in [0.5, 0.6) is 0 Å². The number of nitrogens with two attached hydrogens (primary N) is 1. The van der Waals surface area contributed by atoms with E-state index in [2.05, 4.69) is 15.0 Å². The third kappa shape index (κ3) is 1.91. The van der Waals surface area contributed by atoms with Crippen molar-refractivity contribution in [1.29, 1.82) is 0 Å². The highest BCUT2D eigenvalue weighted by Gasteiger charge is 2.08. The van der Waals surface area contributed by atoms with Crippen molar-refractivity contribution in [2.24, 2.45) is 0 Å². The molecule has 2 aromatic heterocycles. The number of H-pyrrole nitrogens is 1. The highest BCUT2D eigenvalue weighted by atomic mass is 32.2. The summed E-state index contributed by atoms with van der Waals surface area (Å²) in [6.07, 6.45) is 0. The molecular formula is C8H10N4S2. The second kappa shape index (κ2) is 3.62. The van der Waals surface area contributed by atoms with Crippen LogP contribution in [0.4, 0.5) is 5.82 Å². The second-order valence-electron chi connectivity index (χ2n) is 2.90. The van der Waals surface area contributed by atoms with Crippen molar-refractivity contribution in [3.63, 3.8) is 0 Å². The normalized spacial score (nSPS) is 10.7. The third-order valence-corrected chi connectivity index (χ3v) is 3.66. The first-order valence-corrected chi connectivity index (χ1v) is 5.77. The van der Waals surface area contributed by atoms with E-state index >= 15 is 0 Å². The third-order valence-electron chi connectivity index (χ3n) is 1.60. The molecule has 0 radical (unpaired) electrons. The lowest BCUT2D eigenvalue weighted by molar-refractivity contribution is 1.09. The summed E-state index contributed by atoms with van der Waals surface area (Å²) in [6.45, 7) is 3.85. The van der Waals surface area contributed by atoms with Gasteiger partial charge in [0.25, 0.3) is 0 Å². The molecule has 0 aromatic carbocycles. The van der Waals surface area contributed by atoms with Gasteiger partial charge >= 0.3 is 0 Å². The minimum atomic E-state index is 0.611. The Labute approximate surface area is 90.0 Å². The Bertz CT molecular complexity index is 446. The van der Waals surface area contributed by atoms with E-state index in [0.717, 1.165) is 20.9 Å². The monoisotopic (exact) mass is 226 g/mol. The molecule has 0 atom stereocenters. The number of aromatic amines is 1. The largest absolute Gasteiger partial charge is 0.383 e. The number of anilines is 1. The van der Waals surface area contributed by atoms with E-state index in [0.29, 0.717) is 5.82 Å². The molecule has 0 unspecified atom stereocenters. The number of thiazole rings is 1. The first-order chi connectivity index (χ1) is 6.65. The van der Waals surface area contributed by atoms with Crippen LogP contribution in [0.3, 0.4) is 0 Å². The summed E-state index contributed by atoms with van der Waals surface area (Å²) < 4.78 is 0.973. The molecule has 2 aromatic rings. The molecule has 0 amide bonds. The van der Waals surface area contributed by atoms with E-state index in [1.54, 1.807) is 11.3 Å². The number of aromatic nitrogens is 3. The van der Waals surface area contributed by atoms with Gasteiger partial charge in [-0.15, -0.1) is 11.3 Å². The Morgan fingerprint density at radius 2 is 2.21 bits per heavy atom. The number of aryl methyl sites for hydroxylation is 2. The van der Waals surface area contributed by atoms with E-state index in [9.17, 15) is 0 Å². The predicted octanol–water partition coefficient (Wildman–Crippen LogP) is 2.22. The lowest BCUT2D eigenvalue weighted by atomic mass is 10.6. The van der Waals surface area contributed by atoms with Crippen LogP contribution in [0.25, 0.3) is 0 Å². The van der Waals surface area contributed by atoms with Crippen molar-refractivity contribution in [3.8, 4) is 0 Å². The lowest BCUT2D eigenvalue weighted by Crippen LogP contribution is -1.86. The number of nitrogens with zero attached hydrogens (tertiary/aromatic N) is 2. The molecule has 0 bridgehead atoms. The molecule has 0 aliphatic carbocycles. The zero-order valence-corrected chi connectivity index (χ0v) is 9.50. The molecule has 2 rings (SSSR count). The average molecular weight is 226 g/mol. The van der Waals surface area contributed by atoms with E-state index < -0.39 is 0 Å². The minimum Gasteiger partial charge on any atom is -0.383 e. The maximum atomic E-state index is 5.73. The smallest absolute Gasteiger partial charge is 0.156 e. The molecular weight excluding hydrogens is 216 g/mol. The molecule has 0 spiro atoms. The minimum absolute atomic E-state index is 0.611. The molecule has 0 aliphatic rings. The number of nitrogens with one attached hydrogen (secondary N) is 1. The summed E-state index contributed by atoms with van der Waals surface area (Å²) in [7, 11) is 0. The van der Waals surface area contributed by atoms with Gasteiger partial charge in [-0.05, 0) is 25.6 Å². The fourth-order valence-corrected chi connectivity index (χ4v) is 2.82. The number of rotatable bonds is 2. The molecule has 74 valence electrons. The first-order valence-electron chi connectivity index (χ1n) is 4.07. The van der Waals surface area contributed by atoms with Gasteiger partial charge in [-0.1, -0.05) is 0 Å². The van der Waals surface area contributed by atoms with Crippen molar-refractivity contribution >= 4 is 28.9 Å². The van der Waals surface area contributed by atoms with Gasteiger partial charge in [0.15, 0.2) is 4.34 Å². The Morgan fingerprint density at radius 1 is 1.43 bits per heavy atom. The SMILES string of the molecule is Cc1csc(Sc2nc(C)[nH]c2N)n1. The van der Waals surface area contributed by atoms with Crippen molar-refractivity contribution < 1.29 is 0 Å². The molecule has 3 N–H and O–H groups in total. The summed E-state index contributed by atoms with van der Waals surface area (Å²) in [5, 5.41) is 2.81. The van der Waals surface area contributed by atoms with Crippen molar-refractivity contribution in [3.05, 3.63) is 16.9 Å². The van der Waals surface area contributed by atoms with Gasteiger partial charge in [-0.3, -0.25) is 0 Å². The van der Waals surface area contributed by atoms with Gasteiger partial charge in [-0.25, -0.2) is 9.97 Å². The molecule has 0 fully saturated rings. The number of nitrogen functional groups attached to an aromatic ring is 1. The van der Waals surface area contributed by atoms with Crippen molar-refractivity contribution in [2.45, 2.75) is 23.2 Å². The molecule has 0 aliphatic heterocycles. The second-order valence-corrected chi connectivity index (χ2v) is 4.99. The average Bonchev–Trinajstić information content (AvgIpc) is 2.61. The molecule has 14 heavy (non-hydrogen) atoms. The number of hydrogen-bond donors (Lipinski definition) is 2. The van der Waals surface area contributed by atoms with Crippen molar-refractivity contribution in [2.75, 3.05) is 5.73 Å². The van der Waals surface area contributed by atoms with E-state index in [1.807, 2.05) is 19.2 Å². The van der Waals surface area contributed by atoms with Crippen LogP contribution in [0.2, 0.25) is 0 Å². The van der Waals surface area contributed by atoms with E-state index in [1.165, 1.54) is 11.8 Å². The standard InChI is InChI=1S/C8H10N4S2/c1-4-3-13-8(10-4)14-7-6(9)11-5(2)12-7/h3H,9H2,1-2H3,(H,11,12). The van der Waals surface area contributed by atoms with Gasteiger partial charge in [0, 0.05) is 11.1 Å². The molecule has 4 nitrogen and oxygen atoms in total. The number of imidazole rings is 1. The van der Waals surface area contributed by atoms with Gasteiger partial charge in [0.05, 0.1) is 0 Å². The Morgan fingerprint density at radius 3 is 2.71 bits per heavy atom. The highest BCUT2D eigenvalue weighted by Crippen LogP contribution is 2.32. The van der Waals surface area contributed by atoms with Crippen LogP contribution in [-0.2, 0) is 0 Å². The van der Waals surface area contributed by atoms with Crippen LogP contribution in [0, 0.1) is 13.8 Å². The van der Waals surface area contributed by atoms with Gasteiger partial charge in [0.1, 0.15) is 16.7 Å². The van der Waals surface area contributed by atoms with E-state index in [-0.39, 0.29) is 0 Å². The summed E-state index contributed by atoms with van der Waals surface area (Å²) in [5.41, 5.74) is 6.76. The molecule has 0 saturated heterocycles. The Hall–Kier alpha value is -1.01. The molecule has 0 saturated carbocycles. The summed E-state index contributed by atoms with van der Waals surface area (Å²) in [5.74, 6) is 1.44. The van der Waals surface area contributed by atoms with Crippen LogP contribution in [0.1, 0.15) is 11.5 Å². The zero-order chi connectivity index (χ0) is 10.1. The Balaban J connectivity index is 2.22.